The van der Waals surface area contributed by atoms with E-state index < -0.39 is 0 Å². The topological polar surface area (TPSA) is 46.8 Å². The molecule has 1 atom stereocenters. The van der Waals surface area contributed by atoms with Gasteiger partial charge < -0.3 is 0 Å². The van der Waals surface area contributed by atoms with Gasteiger partial charge in [-0.1, -0.05) is 30.7 Å². The van der Waals surface area contributed by atoms with Gasteiger partial charge in [0.05, 0.1) is 0 Å². The van der Waals surface area contributed by atoms with Crippen molar-refractivity contribution in [1.82, 2.24) is 25.1 Å². The van der Waals surface area contributed by atoms with Gasteiger partial charge in [-0.2, -0.15) is 0 Å². The fraction of sp³-hybridized carbons (Fsp3) is 0.533. The molecule has 2 aromatic rings. The molecule has 5 heteroatoms. The molecule has 1 saturated heterocycles. The average molecular weight is 271 g/mol. The van der Waals surface area contributed by atoms with Crippen molar-refractivity contribution < 1.29 is 0 Å². The highest BCUT2D eigenvalue weighted by Gasteiger charge is 2.18. The van der Waals surface area contributed by atoms with Gasteiger partial charge in [0.2, 0.25) is 0 Å². The van der Waals surface area contributed by atoms with E-state index in [9.17, 15) is 0 Å². The molecular formula is C15H21N5. The first kappa shape index (κ1) is 13.2. The van der Waals surface area contributed by atoms with Crippen LogP contribution in [0.4, 0.5) is 0 Å². The van der Waals surface area contributed by atoms with Crippen molar-refractivity contribution in [1.29, 1.82) is 0 Å². The summed E-state index contributed by atoms with van der Waals surface area (Å²) < 4.78 is 1.70. The third kappa shape index (κ3) is 2.58. The Kier molecular flexibility index (Phi) is 3.78. The number of aryl methyl sites for hydroxylation is 1. The molecule has 5 nitrogen and oxygen atoms in total. The van der Waals surface area contributed by atoms with Crippen molar-refractivity contribution >= 4 is 0 Å². The molecule has 0 aliphatic carbocycles. The second kappa shape index (κ2) is 5.71. The van der Waals surface area contributed by atoms with E-state index >= 15 is 0 Å². The predicted molar refractivity (Wildman–Crippen MR) is 78.1 cm³/mol. The number of hydrogen-bond donors (Lipinski definition) is 0. The van der Waals surface area contributed by atoms with Crippen LogP contribution in [0.3, 0.4) is 0 Å². The Balaban J connectivity index is 1.77. The van der Waals surface area contributed by atoms with E-state index in [0.717, 1.165) is 11.4 Å². The Morgan fingerprint density at radius 3 is 2.35 bits per heavy atom. The Hall–Kier alpha value is -1.75. The van der Waals surface area contributed by atoms with Gasteiger partial charge in [0.1, 0.15) is 0 Å². The number of piperidine rings is 1. The highest BCUT2D eigenvalue weighted by molar-refractivity contribution is 5.55. The van der Waals surface area contributed by atoms with Crippen LogP contribution in [0.1, 0.15) is 37.8 Å². The standard InChI is InChI=1S/C15H21N5/c1-12(20-10-4-3-5-11-20)13-6-8-14(9-7-13)15-16-17-18-19(15)2/h6-9,12H,3-5,10-11H2,1-2H3. The molecule has 1 aliphatic heterocycles. The van der Waals surface area contributed by atoms with Gasteiger partial charge in [0.25, 0.3) is 0 Å². The highest BCUT2D eigenvalue weighted by Crippen LogP contribution is 2.25. The first-order valence-electron chi connectivity index (χ1n) is 7.32. The summed E-state index contributed by atoms with van der Waals surface area (Å²) in [5.74, 6) is 0.808. The fourth-order valence-corrected chi connectivity index (χ4v) is 2.90. The normalized spacial score (nSPS) is 18.1. The zero-order valence-corrected chi connectivity index (χ0v) is 12.2. The summed E-state index contributed by atoms with van der Waals surface area (Å²) >= 11 is 0. The van der Waals surface area contributed by atoms with Gasteiger partial charge in [-0.3, -0.25) is 4.90 Å². The Labute approximate surface area is 119 Å². The molecule has 1 aromatic carbocycles. The monoisotopic (exact) mass is 271 g/mol. The van der Waals surface area contributed by atoms with Crippen LogP contribution in [0.5, 0.6) is 0 Å². The lowest BCUT2D eigenvalue weighted by molar-refractivity contribution is 0.175. The summed E-state index contributed by atoms with van der Waals surface area (Å²) in [6, 6.07) is 9.11. The second-order valence-corrected chi connectivity index (χ2v) is 5.52. The molecular weight excluding hydrogens is 250 g/mol. The van der Waals surface area contributed by atoms with E-state index in [1.807, 2.05) is 7.05 Å². The van der Waals surface area contributed by atoms with Crippen molar-refractivity contribution in [3.63, 3.8) is 0 Å². The molecule has 0 amide bonds. The molecule has 1 unspecified atom stereocenters. The molecule has 0 N–H and O–H groups in total. The SMILES string of the molecule is CC(c1ccc(-c2nnnn2C)cc1)N1CCCCC1. The van der Waals surface area contributed by atoms with Gasteiger partial charge in [-0.05, 0) is 48.8 Å². The van der Waals surface area contributed by atoms with Gasteiger partial charge in [-0.15, -0.1) is 5.10 Å². The smallest absolute Gasteiger partial charge is 0.181 e. The Morgan fingerprint density at radius 2 is 1.75 bits per heavy atom. The van der Waals surface area contributed by atoms with Crippen LogP contribution >= 0.6 is 0 Å². The quantitative estimate of drug-likeness (QED) is 0.860. The number of hydrogen-bond acceptors (Lipinski definition) is 4. The number of nitrogens with zero attached hydrogens (tertiary/aromatic N) is 5. The minimum absolute atomic E-state index is 0.488. The van der Waals surface area contributed by atoms with Crippen LogP contribution in [0.2, 0.25) is 0 Å². The lowest BCUT2D eigenvalue weighted by Crippen LogP contribution is -2.32. The van der Waals surface area contributed by atoms with E-state index in [4.69, 9.17) is 0 Å². The van der Waals surface area contributed by atoms with E-state index in [2.05, 4.69) is 51.6 Å². The molecule has 0 radical (unpaired) electrons. The maximum atomic E-state index is 4.04. The lowest BCUT2D eigenvalue weighted by atomic mass is 10.0. The van der Waals surface area contributed by atoms with E-state index in [-0.39, 0.29) is 0 Å². The van der Waals surface area contributed by atoms with Crippen LogP contribution in [-0.2, 0) is 7.05 Å². The van der Waals surface area contributed by atoms with E-state index in [1.165, 1.54) is 37.9 Å². The third-order valence-electron chi connectivity index (χ3n) is 4.21. The molecule has 0 bridgehead atoms. The van der Waals surface area contributed by atoms with Gasteiger partial charge >= 0.3 is 0 Å². The number of rotatable bonds is 3. The van der Waals surface area contributed by atoms with Gasteiger partial charge in [0.15, 0.2) is 5.82 Å². The Bertz CT molecular complexity index is 554. The highest BCUT2D eigenvalue weighted by atomic mass is 15.5. The van der Waals surface area contributed by atoms with Crippen LogP contribution in [-0.4, -0.2) is 38.2 Å². The number of likely N-dealkylation sites (tertiary alicyclic amines) is 1. The molecule has 2 heterocycles. The first-order chi connectivity index (χ1) is 9.75. The van der Waals surface area contributed by atoms with Crippen LogP contribution in [0.25, 0.3) is 11.4 Å². The maximum Gasteiger partial charge on any atom is 0.181 e. The zero-order valence-electron chi connectivity index (χ0n) is 12.2. The summed E-state index contributed by atoms with van der Waals surface area (Å²) in [4.78, 5) is 2.57. The first-order valence-corrected chi connectivity index (χ1v) is 7.32. The average Bonchev–Trinajstić information content (AvgIpc) is 2.94. The van der Waals surface area contributed by atoms with Crippen LogP contribution in [0, 0.1) is 0 Å². The molecule has 0 spiro atoms. The number of benzene rings is 1. The van der Waals surface area contributed by atoms with Gasteiger partial charge in [-0.25, -0.2) is 4.68 Å². The number of tetrazole rings is 1. The molecule has 1 aromatic heterocycles. The minimum atomic E-state index is 0.488. The van der Waals surface area contributed by atoms with E-state index in [1.54, 1.807) is 4.68 Å². The van der Waals surface area contributed by atoms with Crippen molar-refractivity contribution in [3.05, 3.63) is 29.8 Å². The summed E-state index contributed by atoms with van der Waals surface area (Å²) in [7, 11) is 1.86. The second-order valence-electron chi connectivity index (χ2n) is 5.52. The van der Waals surface area contributed by atoms with E-state index in [0.29, 0.717) is 6.04 Å². The number of aromatic nitrogens is 4. The fourth-order valence-electron chi connectivity index (χ4n) is 2.90. The molecule has 1 aliphatic rings. The largest absolute Gasteiger partial charge is 0.297 e. The predicted octanol–water partition coefficient (Wildman–Crippen LogP) is 2.42. The minimum Gasteiger partial charge on any atom is -0.297 e. The van der Waals surface area contributed by atoms with Crippen molar-refractivity contribution in [2.45, 2.75) is 32.2 Å². The maximum absolute atomic E-state index is 4.04. The van der Waals surface area contributed by atoms with Crippen molar-refractivity contribution in [2.75, 3.05) is 13.1 Å². The molecule has 20 heavy (non-hydrogen) atoms. The third-order valence-corrected chi connectivity index (χ3v) is 4.21. The lowest BCUT2D eigenvalue weighted by Gasteiger charge is -2.32. The molecule has 1 fully saturated rings. The Morgan fingerprint density at radius 1 is 1.05 bits per heavy atom. The van der Waals surface area contributed by atoms with Crippen molar-refractivity contribution in [2.24, 2.45) is 7.05 Å². The summed E-state index contributed by atoms with van der Waals surface area (Å²) in [5, 5.41) is 11.6. The zero-order chi connectivity index (χ0) is 13.9. The molecule has 106 valence electrons. The van der Waals surface area contributed by atoms with Gasteiger partial charge in [0, 0.05) is 18.7 Å². The van der Waals surface area contributed by atoms with Crippen LogP contribution < -0.4 is 0 Å². The summed E-state index contributed by atoms with van der Waals surface area (Å²) in [5.41, 5.74) is 2.43. The summed E-state index contributed by atoms with van der Waals surface area (Å²) in [6.45, 7) is 4.73. The molecule has 0 saturated carbocycles. The molecule has 3 rings (SSSR count). The van der Waals surface area contributed by atoms with Crippen molar-refractivity contribution in [3.8, 4) is 11.4 Å². The summed E-state index contributed by atoms with van der Waals surface area (Å²) in [6.07, 6.45) is 4.03. The van der Waals surface area contributed by atoms with Crippen LogP contribution in [0.15, 0.2) is 24.3 Å².